The van der Waals surface area contributed by atoms with Gasteiger partial charge in [0, 0.05) is 12.7 Å². The third kappa shape index (κ3) is 2.13. The summed E-state index contributed by atoms with van der Waals surface area (Å²) in [5.41, 5.74) is 3.47. The van der Waals surface area contributed by atoms with Gasteiger partial charge in [-0.1, -0.05) is 12.1 Å². The van der Waals surface area contributed by atoms with Crippen molar-refractivity contribution in [2.75, 3.05) is 5.32 Å². The van der Waals surface area contributed by atoms with Crippen LogP contribution in [0.3, 0.4) is 0 Å². The van der Waals surface area contributed by atoms with E-state index in [2.05, 4.69) is 16.5 Å². The third-order valence-electron chi connectivity index (χ3n) is 2.61. The molecular weight excluding hydrogens is 212 g/mol. The molecule has 0 radical (unpaired) electrons. The van der Waals surface area contributed by atoms with E-state index < -0.39 is 0 Å². The van der Waals surface area contributed by atoms with Gasteiger partial charge >= 0.3 is 0 Å². The molecule has 0 bridgehead atoms. The van der Waals surface area contributed by atoms with Gasteiger partial charge in [-0.25, -0.2) is 0 Å². The minimum atomic E-state index is 0.592. The van der Waals surface area contributed by atoms with E-state index in [9.17, 15) is 0 Å². The summed E-state index contributed by atoms with van der Waals surface area (Å²) >= 11 is 0. The highest BCUT2D eigenvalue weighted by Crippen LogP contribution is 2.22. The molecule has 0 atom stereocenters. The molecular formula is C13H14N4. The zero-order chi connectivity index (χ0) is 12.4. The number of aromatic nitrogens is 2. The second-order valence-corrected chi connectivity index (χ2v) is 4.04. The minimum absolute atomic E-state index is 0.592. The molecule has 0 unspecified atom stereocenters. The Balaban J connectivity index is 2.40. The molecule has 1 aromatic carbocycles. The van der Waals surface area contributed by atoms with Crippen molar-refractivity contribution in [1.29, 1.82) is 5.26 Å². The first-order valence-electron chi connectivity index (χ1n) is 5.39. The van der Waals surface area contributed by atoms with Gasteiger partial charge in [0.1, 0.15) is 17.5 Å². The van der Waals surface area contributed by atoms with E-state index in [-0.39, 0.29) is 0 Å². The van der Waals surface area contributed by atoms with E-state index in [1.807, 2.05) is 45.2 Å². The molecule has 0 aliphatic rings. The highest BCUT2D eigenvalue weighted by molar-refractivity contribution is 5.64. The van der Waals surface area contributed by atoms with Crippen molar-refractivity contribution in [2.45, 2.75) is 13.8 Å². The van der Waals surface area contributed by atoms with Gasteiger partial charge in [-0.05, 0) is 31.5 Å². The standard InChI is InChI=1S/C13H14N4/c1-9-5-4-6-11(7-9)15-13-12(8-14)10(2)16-17(13)3/h4-7,15H,1-3H3. The van der Waals surface area contributed by atoms with E-state index in [1.54, 1.807) is 4.68 Å². The first kappa shape index (κ1) is 11.2. The summed E-state index contributed by atoms with van der Waals surface area (Å²) < 4.78 is 1.69. The van der Waals surface area contributed by atoms with Crippen molar-refractivity contribution >= 4 is 11.5 Å². The van der Waals surface area contributed by atoms with Crippen LogP contribution in [0.25, 0.3) is 0 Å². The predicted molar refractivity (Wildman–Crippen MR) is 67.1 cm³/mol. The second-order valence-electron chi connectivity index (χ2n) is 4.04. The molecule has 86 valence electrons. The molecule has 1 aromatic heterocycles. The average molecular weight is 226 g/mol. The van der Waals surface area contributed by atoms with Crippen LogP contribution in [0.4, 0.5) is 11.5 Å². The number of hydrogen-bond acceptors (Lipinski definition) is 3. The molecule has 1 N–H and O–H groups in total. The van der Waals surface area contributed by atoms with Gasteiger partial charge in [0.15, 0.2) is 0 Å². The van der Waals surface area contributed by atoms with Crippen LogP contribution in [0.1, 0.15) is 16.8 Å². The van der Waals surface area contributed by atoms with Crippen molar-refractivity contribution in [1.82, 2.24) is 9.78 Å². The van der Waals surface area contributed by atoms with Crippen molar-refractivity contribution in [3.63, 3.8) is 0 Å². The largest absolute Gasteiger partial charge is 0.339 e. The highest BCUT2D eigenvalue weighted by atomic mass is 15.3. The van der Waals surface area contributed by atoms with Crippen LogP contribution in [0, 0.1) is 25.2 Å². The summed E-state index contributed by atoms with van der Waals surface area (Å²) in [7, 11) is 1.83. The third-order valence-corrected chi connectivity index (χ3v) is 2.61. The minimum Gasteiger partial charge on any atom is -0.339 e. The SMILES string of the molecule is Cc1cccc(Nc2c(C#N)c(C)nn2C)c1. The monoisotopic (exact) mass is 226 g/mol. The van der Waals surface area contributed by atoms with Crippen molar-refractivity contribution in [3.05, 3.63) is 41.1 Å². The van der Waals surface area contributed by atoms with Gasteiger partial charge in [-0.15, -0.1) is 0 Å². The van der Waals surface area contributed by atoms with Gasteiger partial charge in [0.05, 0.1) is 5.69 Å². The van der Waals surface area contributed by atoms with E-state index in [0.29, 0.717) is 5.56 Å². The quantitative estimate of drug-likeness (QED) is 0.856. The molecule has 0 amide bonds. The fraction of sp³-hybridized carbons (Fsp3) is 0.231. The van der Waals surface area contributed by atoms with Crippen LogP contribution in [-0.2, 0) is 7.05 Å². The Bertz CT molecular complexity index is 590. The van der Waals surface area contributed by atoms with Gasteiger partial charge in [0.2, 0.25) is 0 Å². The summed E-state index contributed by atoms with van der Waals surface area (Å²) in [5.74, 6) is 0.732. The van der Waals surface area contributed by atoms with Crippen LogP contribution in [0.15, 0.2) is 24.3 Å². The predicted octanol–water partition coefficient (Wildman–Crippen LogP) is 2.65. The molecule has 0 aliphatic heterocycles. The summed E-state index contributed by atoms with van der Waals surface area (Å²) in [6.07, 6.45) is 0. The maximum absolute atomic E-state index is 9.10. The lowest BCUT2D eigenvalue weighted by Crippen LogP contribution is -2.00. The molecule has 2 rings (SSSR count). The van der Waals surface area contributed by atoms with Gasteiger partial charge < -0.3 is 5.32 Å². The maximum Gasteiger partial charge on any atom is 0.146 e. The van der Waals surface area contributed by atoms with Gasteiger partial charge in [0.25, 0.3) is 0 Å². The lowest BCUT2D eigenvalue weighted by Gasteiger charge is -2.07. The van der Waals surface area contributed by atoms with Gasteiger partial charge in [-0.2, -0.15) is 10.4 Å². The Hall–Kier alpha value is -2.28. The number of benzene rings is 1. The molecule has 2 aromatic rings. The Morgan fingerprint density at radius 2 is 2.12 bits per heavy atom. The summed E-state index contributed by atoms with van der Waals surface area (Å²) in [4.78, 5) is 0. The molecule has 4 heteroatoms. The van der Waals surface area contributed by atoms with E-state index in [1.165, 1.54) is 5.56 Å². The van der Waals surface area contributed by atoms with Gasteiger partial charge in [-0.3, -0.25) is 4.68 Å². The first-order valence-corrected chi connectivity index (χ1v) is 5.39. The Morgan fingerprint density at radius 1 is 1.35 bits per heavy atom. The zero-order valence-corrected chi connectivity index (χ0v) is 10.2. The smallest absolute Gasteiger partial charge is 0.146 e. The molecule has 0 fully saturated rings. The van der Waals surface area contributed by atoms with Crippen molar-refractivity contribution in [3.8, 4) is 6.07 Å². The Morgan fingerprint density at radius 3 is 2.76 bits per heavy atom. The van der Waals surface area contributed by atoms with E-state index >= 15 is 0 Å². The number of anilines is 2. The molecule has 0 saturated heterocycles. The molecule has 17 heavy (non-hydrogen) atoms. The first-order chi connectivity index (χ1) is 8.11. The van der Waals surface area contributed by atoms with Crippen LogP contribution < -0.4 is 5.32 Å². The summed E-state index contributed by atoms with van der Waals surface area (Å²) in [6, 6.07) is 10.2. The fourth-order valence-corrected chi connectivity index (χ4v) is 1.79. The molecule has 0 aliphatic carbocycles. The van der Waals surface area contributed by atoms with Crippen molar-refractivity contribution < 1.29 is 0 Å². The maximum atomic E-state index is 9.10. The Labute approximate surface area is 100 Å². The summed E-state index contributed by atoms with van der Waals surface area (Å²) in [5, 5.41) is 16.6. The number of nitriles is 1. The van der Waals surface area contributed by atoms with Crippen LogP contribution in [0.5, 0.6) is 0 Å². The summed E-state index contributed by atoms with van der Waals surface area (Å²) in [6.45, 7) is 3.87. The lowest BCUT2D eigenvalue weighted by molar-refractivity contribution is 0.765. The average Bonchev–Trinajstić information content (AvgIpc) is 2.53. The zero-order valence-electron chi connectivity index (χ0n) is 10.2. The number of hydrogen-bond donors (Lipinski definition) is 1. The number of aryl methyl sites for hydroxylation is 3. The number of nitrogens with zero attached hydrogens (tertiary/aromatic N) is 3. The fourth-order valence-electron chi connectivity index (χ4n) is 1.79. The van der Waals surface area contributed by atoms with Crippen LogP contribution in [0.2, 0.25) is 0 Å². The normalized spacial score (nSPS) is 10.0. The number of nitrogens with one attached hydrogen (secondary N) is 1. The molecule has 0 saturated carbocycles. The topological polar surface area (TPSA) is 53.6 Å². The molecule has 1 heterocycles. The van der Waals surface area contributed by atoms with Crippen molar-refractivity contribution in [2.24, 2.45) is 7.05 Å². The van der Waals surface area contributed by atoms with E-state index in [0.717, 1.165) is 17.2 Å². The lowest BCUT2D eigenvalue weighted by atomic mass is 10.2. The molecule has 4 nitrogen and oxygen atoms in total. The highest BCUT2D eigenvalue weighted by Gasteiger charge is 2.12. The van der Waals surface area contributed by atoms with Crippen LogP contribution in [-0.4, -0.2) is 9.78 Å². The second kappa shape index (κ2) is 4.30. The van der Waals surface area contributed by atoms with E-state index in [4.69, 9.17) is 5.26 Å². The number of rotatable bonds is 2. The van der Waals surface area contributed by atoms with Crippen LogP contribution >= 0.6 is 0 Å². The molecule has 0 spiro atoms. The Kier molecular flexibility index (Phi) is 2.84.